The van der Waals surface area contributed by atoms with Crippen LogP contribution in [-0.2, 0) is 25.7 Å². The van der Waals surface area contributed by atoms with E-state index in [2.05, 4.69) is 42.6 Å². The van der Waals surface area contributed by atoms with E-state index in [0.29, 0.717) is 52.9 Å². The van der Waals surface area contributed by atoms with E-state index in [1.807, 2.05) is 32.0 Å². The zero-order chi connectivity index (χ0) is 45.7. The number of aromatic nitrogens is 3. The second-order valence-corrected chi connectivity index (χ2v) is 18.3. The number of hydrogen-bond acceptors (Lipinski definition) is 13. The molecule has 19 heteroatoms. The van der Waals surface area contributed by atoms with Crippen molar-refractivity contribution >= 4 is 69.3 Å². The summed E-state index contributed by atoms with van der Waals surface area (Å²) in [5.74, 6) is -0.913. The van der Waals surface area contributed by atoms with E-state index in [9.17, 15) is 24.0 Å². The van der Waals surface area contributed by atoms with E-state index in [4.69, 9.17) is 26.1 Å². The van der Waals surface area contributed by atoms with Gasteiger partial charge in [0, 0.05) is 86.5 Å². The number of anilines is 4. The van der Waals surface area contributed by atoms with Crippen molar-refractivity contribution in [2.24, 2.45) is 0 Å². The Morgan fingerprint density at radius 2 is 1.78 bits per heavy atom. The molecule has 4 aromatic rings. The number of piperidine rings is 2. The van der Waals surface area contributed by atoms with Gasteiger partial charge in [-0.15, -0.1) is 0 Å². The number of hydrogen-bond donors (Lipinski definition) is 3. The van der Waals surface area contributed by atoms with Gasteiger partial charge in [0.25, 0.3) is 17.4 Å². The van der Waals surface area contributed by atoms with Crippen molar-refractivity contribution in [2.75, 3.05) is 61.5 Å². The number of piperazine rings is 1. The van der Waals surface area contributed by atoms with Gasteiger partial charge in [0.05, 0.1) is 36.2 Å². The molecule has 0 spiro atoms. The van der Waals surface area contributed by atoms with Gasteiger partial charge in [-0.05, 0) is 89.3 Å². The Balaban J connectivity index is 0.757. The number of imide groups is 1. The van der Waals surface area contributed by atoms with Gasteiger partial charge in [0.2, 0.25) is 17.8 Å². The second-order valence-electron chi connectivity index (χ2n) is 17.9. The van der Waals surface area contributed by atoms with E-state index in [1.165, 1.54) is 11.9 Å². The molecule has 4 aliphatic heterocycles. The van der Waals surface area contributed by atoms with Crippen LogP contribution in [-0.4, -0.2) is 125 Å². The lowest BCUT2D eigenvalue weighted by Crippen LogP contribution is -2.60. The SMILES string of the molecule is CNC(=O)COc1cc2cc(Nc3nc(N4CCC(OC5CC(N6CCN(c7ccc8c(c7F)CN(C7CCC(=O)NC7=O)C8=O)C[C@@H]6C)C5)CC4)ncc3Cl)ccc2n(C(C)C)c1=O. The lowest BCUT2D eigenvalue weighted by Gasteiger charge is -2.50. The van der Waals surface area contributed by atoms with E-state index in [0.717, 1.165) is 56.2 Å². The molecule has 344 valence electrons. The predicted octanol–water partition coefficient (Wildman–Crippen LogP) is 4.52. The molecule has 2 atom stereocenters. The molecule has 5 aliphatic rings. The zero-order valence-corrected chi connectivity index (χ0v) is 37.7. The number of pyridine rings is 1. The number of likely N-dealkylation sites (N-methyl/N-ethyl adjacent to an activating group) is 1. The Kier molecular flexibility index (Phi) is 12.4. The molecule has 6 heterocycles. The number of rotatable bonds is 12. The first-order valence-electron chi connectivity index (χ1n) is 22.5. The van der Waals surface area contributed by atoms with Gasteiger partial charge >= 0.3 is 0 Å². The summed E-state index contributed by atoms with van der Waals surface area (Å²) in [6.07, 6.45) is 5.84. The minimum atomic E-state index is -0.787. The molecule has 9 rings (SSSR count). The summed E-state index contributed by atoms with van der Waals surface area (Å²) < 4.78 is 30.0. The summed E-state index contributed by atoms with van der Waals surface area (Å²) >= 11 is 6.60. The third kappa shape index (κ3) is 8.82. The first-order chi connectivity index (χ1) is 31.3. The van der Waals surface area contributed by atoms with Crippen molar-refractivity contribution in [2.45, 2.75) is 102 Å². The molecule has 65 heavy (non-hydrogen) atoms. The standard InChI is InChI=1S/C46H54ClFN10O7/c1-25(2)58-35-7-5-28(17-27(35)18-38(45(58)63)64-24-40(60)49-4)51-42-34(47)21-50-46(53-42)54-13-11-30(12-14-54)65-31-19-29(20-31)56-16-15-55(22-26(56)3)36-8-6-32-33(41(36)48)23-57(44(32)62)37-9-10-39(59)52-43(37)61/h5-8,17-18,21,25-26,29-31,37H,9-16,19-20,22-24H2,1-4H3,(H,49,60)(H,50,51,53)(H,52,59,61)/t26-,29?,31?,37?/m0/s1. The Hall–Kier alpha value is -5.85. The number of amides is 4. The molecule has 1 aliphatic carbocycles. The Morgan fingerprint density at radius 3 is 2.51 bits per heavy atom. The largest absolute Gasteiger partial charge is 0.478 e. The van der Waals surface area contributed by atoms with Crippen molar-refractivity contribution in [3.8, 4) is 5.75 Å². The molecule has 2 aromatic heterocycles. The van der Waals surface area contributed by atoms with Gasteiger partial charge in [-0.2, -0.15) is 4.98 Å². The van der Waals surface area contributed by atoms with Gasteiger partial charge in [-0.1, -0.05) is 11.6 Å². The van der Waals surface area contributed by atoms with Crippen LogP contribution in [0, 0.1) is 5.82 Å². The van der Waals surface area contributed by atoms with Gasteiger partial charge in [-0.3, -0.25) is 34.2 Å². The van der Waals surface area contributed by atoms with Crippen molar-refractivity contribution in [3.05, 3.63) is 74.9 Å². The van der Waals surface area contributed by atoms with E-state index in [-0.39, 0.29) is 84.9 Å². The van der Waals surface area contributed by atoms with Crippen molar-refractivity contribution in [1.29, 1.82) is 0 Å². The fraction of sp³-hybridized carbons (Fsp3) is 0.500. The van der Waals surface area contributed by atoms with E-state index >= 15 is 4.39 Å². The molecule has 0 radical (unpaired) electrons. The molecule has 17 nitrogen and oxygen atoms in total. The maximum absolute atomic E-state index is 16.1. The van der Waals surface area contributed by atoms with E-state index < -0.39 is 17.8 Å². The lowest BCUT2D eigenvalue weighted by atomic mass is 9.86. The van der Waals surface area contributed by atoms with Crippen LogP contribution in [0.5, 0.6) is 5.75 Å². The number of nitrogens with zero attached hydrogens (tertiary/aromatic N) is 7. The van der Waals surface area contributed by atoms with Crippen LogP contribution in [0.15, 0.2) is 47.4 Å². The van der Waals surface area contributed by atoms with Gasteiger partial charge in [0.1, 0.15) is 11.1 Å². The molecule has 3 N–H and O–H groups in total. The number of halogens is 2. The third-order valence-electron chi connectivity index (χ3n) is 13.4. The molecule has 4 fully saturated rings. The van der Waals surface area contributed by atoms with Crippen LogP contribution >= 0.6 is 11.6 Å². The molecule has 1 saturated carbocycles. The number of nitrogens with one attached hydrogen (secondary N) is 3. The van der Waals surface area contributed by atoms with Crippen molar-refractivity contribution in [1.82, 2.24) is 35.0 Å². The normalized spacial score (nSPS) is 22.9. The highest BCUT2D eigenvalue weighted by molar-refractivity contribution is 6.33. The topological polar surface area (TPSA) is 184 Å². The summed E-state index contributed by atoms with van der Waals surface area (Å²) in [5.41, 5.74) is 2.16. The smallest absolute Gasteiger partial charge is 0.293 e. The maximum atomic E-state index is 16.1. The first-order valence-corrected chi connectivity index (χ1v) is 22.8. The summed E-state index contributed by atoms with van der Waals surface area (Å²) in [6, 6.07) is 10.2. The lowest BCUT2D eigenvalue weighted by molar-refractivity contribution is -0.137. The predicted molar refractivity (Wildman–Crippen MR) is 242 cm³/mol. The van der Waals surface area contributed by atoms with E-state index in [1.54, 1.807) is 29.0 Å². The summed E-state index contributed by atoms with van der Waals surface area (Å²) in [5, 5.41) is 9.22. The highest BCUT2D eigenvalue weighted by Crippen LogP contribution is 2.38. The van der Waals surface area contributed by atoms with Crippen LogP contribution < -0.4 is 36.0 Å². The quantitative estimate of drug-likeness (QED) is 0.169. The Bertz CT molecular complexity index is 2600. The minimum Gasteiger partial charge on any atom is -0.478 e. The molecule has 1 unspecified atom stereocenters. The van der Waals surface area contributed by atoms with Crippen LogP contribution in [0.1, 0.15) is 81.3 Å². The van der Waals surface area contributed by atoms with Gasteiger partial charge in [0.15, 0.2) is 24.0 Å². The van der Waals surface area contributed by atoms with Gasteiger partial charge < -0.3 is 39.4 Å². The summed E-state index contributed by atoms with van der Waals surface area (Å²) in [6.45, 7) is 9.27. The molecular weight excluding hydrogens is 859 g/mol. The number of ether oxygens (including phenoxy) is 2. The monoisotopic (exact) mass is 912 g/mol. The molecule has 2 aromatic carbocycles. The van der Waals surface area contributed by atoms with Crippen LogP contribution in [0.25, 0.3) is 10.9 Å². The van der Waals surface area contributed by atoms with Crippen LogP contribution in [0.4, 0.5) is 27.5 Å². The highest BCUT2D eigenvalue weighted by atomic mass is 35.5. The number of carbonyl (C=O) groups excluding carboxylic acids is 4. The summed E-state index contributed by atoms with van der Waals surface area (Å²) in [7, 11) is 1.51. The van der Waals surface area contributed by atoms with Crippen LogP contribution in [0.2, 0.25) is 5.02 Å². The number of fused-ring (bicyclic) bond motifs is 2. The fourth-order valence-corrected chi connectivity index (χ4v) is 10.1. The first kappa shape index (κ1) is 44.4. The van der Waals surface area contributed by atoms with Crippen LogP contribution in [0.3, 0.4) is 0 Å². The fourth-order valence-electron chi connectivity index (χ4n) is 9.92. The number of carbonyl (C=O) groups is 4. The summed E-state index contributed by atoms with van der Waals surface area (Å²) in [4.78, 5) is 79.9. The van der Waals surface area contributed by atoms with Crippen molar-refractivity contribution in [3.63, 3.8) is 0 Å². The molecule has 3 saturated heterocycles. The molecular formula is C46H54ClFN10O7. The highest BCUT2D eigenvalue weighted by Gasteiger charge is 2.43. The average Bonchev–Trinajstić information content (AvgIpc) is 3.61. The Labute approximate surface area is 380 Å². The average molecular weight is 913 g/mol. The molecule has 4 amide bonds. The van der Waals surface area contributed by atoms with Crippen molar-refractivity contribution < 1.29 is 33.0 Å². The number of benzene rings is 2. The maximum Gasteiger partial charge on any atom is 0.293 e. The Morgan fingerprint density at radius 1 is 1.00 bits per heavy atom. The third-order valence-corrected chi connectivity index (χ3v) is 13.7. The van der Waals surface area contributed by atoms with Gasteiger partial charge in [-0.25, -0.2) is 9.37 Å². The minimum absolute atomic E-state index is 0.00687. The molecule has 0 bridgehead atoms. The second kappa shape index (κ2) is 18.2. The zero-order valence-electron chi connectivity index (χ0n) is 36.9.